The van der Waals surface area contributed by atoms with Crippen LogP contribution in [-0.4, -0.2) is 42.8 Å². The van der Waals surface area contributed by atoms with Crippen LogP contribution in [0.1, 0.15) is 19.7 Å². The minimum Gasteiger partial charge on any atom is -0.334 e. The highest BCUT2D eigenvalue weighted by Crippen LogP contribution is 2.23. The van der Waals surface area contributed by atoms with E-state index in [2.05, 4.69) is 15.0 Å². The predicted molar refractivity (Wildman–Crippen MR) is 80.0 cm³/mol. The minimum atomic E-state index is -0.753. The largest absolute Gasteiger partial charge is 0.334 e. The van der Waals surface area contributed by atoms with Gasteiger partial charge in [0.1, 0.15) is 0 Å². The van der Waals surface area contributed by atoms with E-state index in [9.17, 15) is 4.21 Å². The SMILES string of the molecule is CC1(C)CN(Cc2noc(-c3ccsc3)n2)CC[S@]1=O. The summed E-state index contributed by atoms with van der Waals surface area (Å²) in [7, 11) is -0.753. The Balaban J connectivity index is 1.68. The molecule has 1 fully saturated rings. The summed E-state index contributed by atoms with van der Waals surface area (Å²) in [6.07, 6.45) is 0. The first kappa shape index (κ1) is 13.9. The maximum Gasteiger partial charge on any atom is 0.258 e. The Hall–Kier alpha value is -1.05. The molecular weight excluding hydrogens is 294 g/mol. The molecule has 0 unspecified atom stereocenters. The number of rotatable bonds is 3. The monoisotopic (exact) mass is 311 g/mol. The first-order valence-corrected chi connectivity index (χ1v) is 8.77. The summed E-state index contributed by atoms with van der Waals surface area (Å²) in [5, 5.41) is 8.01. The number of nitrogens with zero attached hydrogens (tertiary/aromatic N) is 3. The van der Waals surface area contributed by atoms with Gasteiger partial charge in [-0.1, -0.05) is 5.16 Å². The third kappa shape index (κ3) is 2.84. The Morgan fingerprint density at radius 2 is 2.40 bits per heavy atom. The molecule has 0 spiro atoms. The summed E-state index contributed by atoms with van der Waals surface area (Å²) in [6, 6.07) is 1.97. The van der Waals surface area contributed by atoms with Crippen LogP contribution in [-0.2, 0) is 17.3 Å². The molecule has 1 aliphatic heterocycles. The van der Waals surface area contributed by atoms with Gasteiger partial charge in [-0.3, -0.25) is 9.11 Å². The maximum atomic E-state index is 11.9. The van der Waals surface area contributed by atoms with Gasteiger partial charge in [-0.2, -0.15) is 16.3 Å². The third-order valence-electron chi connectivity index (χ3n) is 3.41. The van der Waals surface area contributed by atoms with Crippen LogP contribution < -0.4 is 0 Å². The zero-order valence-corrected chi connectivity index (χ0v) is 13.2. The molecule has 0 radical (unpaired) electrons. The smallest absolute Gasteiger partial charge is 0.258 e. The number of hydrogen-bond acceptors (Lipinski definition) is 6. The molecule has 0 aromatic carbocycles. The van der Waals surface area contributed by atoms with Crippen molar-refractivity contribution in [1.82, 2.24) is 15.0 Å². The molecule has 0 saturated carbocycles. The Bertz CT molecular complexity index is 607. The predicted octanol–water partition coefficient (Wildman–Crippen LogP) is 2.14. The molecule has 1 saturated heterocycles. The molecule has 20 heavy (non-hydrogen) atoms. The van der Waals surface area contributed by atoms with Gasteiger partial charge < -0.3 is 4.52 Å². The summed E-state index contributed by atoms with van der Waals surface area (Å²) in [4.78, 5) is 6.66. The van der Waals surface area contributed by atoms with Crippen molar-refractivity contribution in [3.05, 3.63) is 22.7 Å². The molecule has 3 rings (SSSR count). The third-order valence-corrected chi connectivity index (χ3v) is 6.01. The van der Waals surface area contributed by atoms with E-state index in [0.717, 1.165) is 18.7 Å². The fourth-order valence-corrected chi connectivity index (χ4v) is 4.27. The van der Waals surface area contributed by atoms with Crippen molar-refractivity contribution in [2.75, 3.05) is 18.8 Å². The van der Waals surface area contributed by atoms with Gasteiger partial charge in [0.2, 0.25) is 0 Å². The molecule has 0 N–H and O–H groups in total. The molecule has 0 amide bonds. The van der Waals surface area contributed by atoms with Gasteiger partial charge in [-0.25, -0.2) is 0 Å². The van der Waals surface area contributed by atoms with Crippen LogP contribution in [0.25, 0.3) is 11.5 Å². The highest BCUT2D eigenvalue weighted by molar-refractivity contribution is 7.86. The Labute approximate surface area is 124 Å². The van der Waals surface area contributed by atoms with E-state index in [1.54, 1.807) is 11.3 Å². The highest BCUT2D eigenvalue weighted by atomic mass is 32.2. The van der Waals surface area contributed by atoms with E-state index < -0.39 is 10.8 Å². The van der Waals surface area contributed by atoms with Gasteiger partial charge in [0.25, 0.3) is 5.89 Å². The Morgan fingerprint density at radius 3 is 3.10 bits per heavy atom. The van der Waals surface area contributed by atoms with Crippen LogP contribution in [0.3, 0.4) is 0 Å². The van der Waals surface area contributed by atoms with Gasteiger partial charge in [0.05, 0.1) is 16.9 Å². The fourth-order valence-electron chi connectivity index (χ4n) is 2.33. The summed E-state index contributed by atoms with van der Waals surface area (Å²) >= 11 is 1.61. The molecule has 1 aliphatic rings. The standard InChI is InChI=1S/C13H17N3O2S2/c1-13(2)9-16(4-6-20(13)17)7-11-14-12(18-15-11)10-3-5-19-8-10/h3,5,8H,4,6-7,9H2,1-2H3/t20-/m1/s1. The first-order chi connectivity index (χ1) is 9.54. The quantitative estimate of drug-likeness (QED) is 0.869. The van der Waals surface area contributed by atoms with Crippen molar-refractivity contribution >= 4 is 22.1 Å². The lowest BCUT2D eigenvalue weighted by atomic mass is 10.2. The van der Waals surface area contributed by atoms with E-state index in [1.807, 2.05) is 30.7 Å². The normalized spacial score (nSPS) is 23.0. The summed E-state index contributed by atoms with van der Waals surface area (Å²) in [6.45, 7) is 6.35. The number of hydrogen-bond donors (Lipinski definition) is 0. The molecule has 5 nitrogen and oxygen atoms in total. The molecule has 7 heteroatoms. The topological polar surface area (TPSA) is 59.2 Å². The van der Waals surface area contributed by atoms with Gasteiger partial charge in [-0.15, -0.1) is 0 Å². The van der Waals surface area contributed by atoms with Crippen molar-refractivity contribution < 1.29 is 8.73 Å². The lowest BCUT2D eigenvalue weighted by Gasteiger charge is -2.36. The van der Waals surface area contributed by atoms with E-state index in [4.69, 9.17) is 4.52 Å². The van der Waals surface area contributed by atoms with Crippen molar-refractivity contribution in [1.29, 1.82) is 0 Å². The Morgan fingerprint density at radius 1 is 1.55 bits per heavy atom. The Kier molecular flexibility index (Phi) is 3.74. The molecule has 1 atom stereocenters. The van der Waals surface area contributed by atoms with Crippen molar-refractivity contribution in [2.45, 2.75) is 25.1 Å². The molecule has 0 bridgehead atoms. The van der Waals surface area contributed by atoms with Crippen LogP contribution in [0.2, 0.25) is 0 Å². The molecule has 2 aromatic heterocycles. The second-order valence-electron chi connectivity index (χ2n) is 5.55. The van der Waals surface area contributed by atoms with E-state index in [0.29, 0.717) is 24.0 Å². The van der Waals surface area contributed by atoms with E-state index in [-0.39, 0.29) is 4.75 Å². The second-order valence-corrected chi connectivity index (χ2v) is 8.53. The zero-order valence-electron chi connectivity index (χ0n) is 11.5. The van der Waals surface area contributed by atoms with Crippen molar-refractivity contribution in [2.24, 2.45) is 0 Å². The second kappa shape index (κ2) is 5.38. The number of aromatic nitrogens is 2. The van der Waals surface area contributed by atoms with Gasteiger partial charge in [-0.05, 0) is 25.3 Å². The van der Waals surface area contributed by atoms with Gasteiger partial charge >= 0.3 is 0 Å². The highest BCUT2D eigenvalue weighted by Gasteiger charge is 2.33. The lowest BCUT2D eigenvalue weighted by Crippen LogP contribution is -2.49. The molecule has 108 valence electrons. The number of thiophene rings is 1. The van der Waals surface area contributed by atoms with E-state index in [1.165, 1.54) is 0 Å². The van der Waals surface area contributed by atoms with Crippen LogP contribution in [0.4, 0.5) is 0 Å². The molecule has 2 aromatic rings. The minimum absolute atomic E-state index is 0.168. The van der Waals surface area contributed by atoms with Gasteiger partial charge in [0.15, 0.2) is 5.82 Å². The maximum absolute atomic E-state index is 11.9. The summed E-state index contributed by atoms with van der Waals surface area (Å²) in [5.41, 5.74) is 0.967. The van der Waals surface area contributed by atoms with Crippen LogP contribution in [0.15, 0.2) is 21.3 Å². The van der Waals surface area contributed by atoms with Crippen LogP contribution in [0.5, 0.6) is 0 Å². The van der Waals surface area contributed by atoms with Crippen LogP contribution in [0, 0.1) is 0 Å². The van der Waals surface area contributed by atoms with Gasteiger partial charge in [0, 0.05) is 35.0 Å². The average Bonchev–Trinajstić information content (AvgIpc) is 3.03. The molecule has 3 heterocycles. The molecular formula is C13H17N3O2S2. The summed E-state index contributed by atoms with van der Waals surface area (Å²) in [5.74, 6) is 1.97. The van der Waals surface area contributed by atoms with Crippen LogP contribution >= 0.6 is 11.3 Å². The van der Waals surface area contributed by atoms with Crippen molar-refractivity contribution in [3.8, 4) is 11.5 Å². The van der Waals surface area contributed by atoms with Crippen molar-refractivity contribution in [3.63, 3.8) is 0 Å². The average molecular weight is 311 g/mol. The van der Waals surface area contributed by atoms with E-state index >= 15 is 0 Å². The zero-order chi connectivity index (χ0) is 14.2. The fraction of sp³-hybridized carbons (Fsp3) is 0.538. The molecule has 0 aliphatic carbocycles. The lowest BCUT2D eigenvalue weighted by molar-refractivity contribution is 0.238. The first-order valence-electron chi connectivity index (χ1n) is 6.50. The summed E-state index contributed by atoms with van der Waals surface area (Å²) < 4.78 is 17.0.